The highest BCUT2D eigenvalue weighted by molar-refractivity contribution is 5.86. The molecule has 28 heavy (non-hydrogen) atoms. The summed E-state index contributed by atoms with van der Waals surface area (Å²) in [6, 6.07) is 17.1. The van der Waals surface area contributed by atoms with E-state index >= 15 is 0 Å². The van der Waals surface area contributed by atoms with Crippen LogP contribution in [0.3, 0.4) is 0 Å². The van der Waals surface area contributed by atoms with Crippen LogP contribution in [-0.4, -0.2) is 10.5 Å². The third kappa shape index (κ3) is 3.99. The predicted octanol–water partition coefficient (Wildman–Crippen LogP) is 5.54. The van der Waals surface area contributed by atoms with E-state index in [1.54, 1.807) is 0 Å². The maximum atomic E-state index is 11.9. The predicted molar refractivity (Wildman–Crippen MR) is 115 cm³/mol. The summed E-state index contributed by atoms with van der Waals surface area (Å²) in [6.07, 6.45) is 9.35. The Morgan fingerprint density at radius 2 is 1.89 bits per heavy atom. The number of hydrogen-bond acceptors (Lipinski definition) is 1. The lowest BCUT2D eigenvalue weighted by Gasteiger charge is -2.22. The van der Waals surface area contributed by atoms with E-state index in [0.29, 0.717) is 6.42 Å². The van der Waals surface area contributed by atoms with Gasteiger partial charge in [0.1, 0.15) is 0 Å². The Kier molecular flexibility index (Phi) is 5.52. The molecule has 1 aliphatic rings. The number of aromatic nitrogens is 1. The number of carbonyl (C=O) groups is 1. The van der Waals surface area contributed by atoms with Gasteiger partial charge in [-0.3, -0.25) is 4.79 Å². The molecule has 1 aliphatic carbocycles. The molecule has 2 aromatic carbocycles. The molecule has 1 saturated carbocycles. The fraction of sp³-hybridized carbons (Fsp3) is 0.400. The summed E-state index contributed by atoms with van der Waals surface area (Å²) in [5.74, 6) is 0.497. The monoisotopic (exact) mass is 374 g/mol. The van der Waals surface area contributed by atoms with Crippen LogP contribution in [0.25, 0.3) is 10.9 Å². The van der Waals surface area contributed by atoms with Crippen molar-refractivity contribution in [3.63, 3.8) is 0 Å². The molecule has 0 radical (unpaired) electrons. The Hall–Kier alpha value is -2.55. The SMILES string of the molecule is Cc1cccc(C(CC(N)=O)c2cn(CC3CCCCC3)c3ccccc23)c1. The van der Waals surface area contributed by atoms with Crippen molar-refractivity contribution in [2.24, 2.45) is 11.7 Å². The van der Waals surface area contributed by atoms with Crippen LogP contribution in [0, 0.1) is 12.8 Å². The standard InChI is InChI=1S/C25H30N2O/c1-18-8-7-11-20(14-18)22(15-25(26)28)23-17-27(16-19-9-3-2-4-10-19)24-13-6-5-12-21(23)24/h5-8,11-14,17,19,22H,2-4,9-10,15-16H2,1H3,(H2,26,28). The second kappa shape index (κ2) is 8.22. The molecule has 2 N–H and O–H groups in total. The molecule has 1 heterocycles. The van der Waals surface area contributed by atoms with Crippen molar-refractivity contribution in [2.75, 3.05) is 0 Å². The molecule has 3 aromatic rings. The quantitative estimate of drug-likeness (QED) is 0.605. The van der Waals surface area contributed by atoms with E-state index in [2.05, 4.69) is 66.2 Å². The number of nitrogens with two attached hydrogens (primary N) is 1. The van der Waals surface area contributed by atoms with Gasteiger partial charge in [-0.1, -0.05) is 67.3 Å². The van der Waals surface area contributed by atoms with Crippen molar-refractivity contribution in [3.05, 3.63) is 71.4 Å². The number of benzene rings is 2. The molecular weight excluding hydrogens is 344 g/mol. The molecule has 1 atom stereocenters. The number of hydrogen-bond donors (Lipinski definition) is 1. The van der Waals surface area contributed by atoms with E-state index in [9.17, 15) is 4.79 Å². The summed E-state index contributed by atoms with van der Waals surface area (Å²) < 4.78 is 2.42. The van der Waals surface area contributed by atoms with Gasteiger partial charge in [-0.05, 0) is 42.9 Å². The molecule has 0 spiro atoms. The number of carbonyl (C=O) groups excluding carboxylic acids is 1. The maximum absolute atomic E-state index is 11.9. The van der Waals surface area contributed by atoms with Crippen molar-refractivity contribution in [1.82, 2.24) is 4.57 Å². The number of nitrogens with zero attached hydrogens (tertiary/aromatic N) is 1. The van der Waals surface area contributed by atoms with E-state index in [1.165, 1.54) is 59.7 Å². The lowest BCUT2D eigenvalue weighted by atomic mass is 9.87. The van der Waals surface area contributed by atoms with Crippen LogP contribution in [0.15, 0.2) is 54.7 Å². The van der Waals surface area contributed by atoms with Crippen LogP contribution < -0.4 is 5.73 Å². The fourth-order valence-electron chi connectivity index (χ4n) is 4.85. The van der Waals surface area contributed by atoms with Gasteiger partial charge in [0, 0.05) is 36.0 Å². The minimum absolute atomic E-state index is 0.00472. The minimum atomic E-state index is -0.254. The molecule has 1 unspecified atom stereocenters. The van der Waals surface area contributed by atoms with Gasteiger partial charge in [0.05, 0.1) is 0 Å². The van der Waals surface area contributed by atoms with Gasteiger partial charge in [-0.2, -0.15) is 0 Å². The molecule has 4 rings (SSSR count). The zero-order valence-corrected chi connectivity index (χ0v) is 16.7. The van der Waals surface area contributed by atoms with Gasteiger partial charge in [-0.15, -0.1) is 0 Å². The van der Waals surface area contributed by atoms with Crippen molar-refractivity contribution < 1.29 is 4.79 Å². The first-order chi connectivity index (χ1) is 13.6. The molecule has 1 fully saturated rings. The molecule has 0 aliphatic heterocycles. The average Bonchev–Trinajstić information content (AvgIpc) is 3.05. The number of aryl methyl sites for hydroxylation is 1. The maximum Gasteiger partial charge on any atom is 0.218 e. The van der Waals surface area contributed by atoms with Crippen LogP contribution in [0.2, 0.25) is 0 Å². The first kappa shape index (κ1) is 18.8. The largest absolute Gasteiger partial charge is 0.370 e. The van der Waals surface area contributed by atoms with Gasteiger partial charge in [0.2, 0.25) is 5.91 Å². The second-order valence-electron chi connectivity index (χ2n) is 8.40. The first-order valence-corrected chi connectivity index (χ1v) is 10.5. The van der Waals surface area contributed by atoms with Crippen molar-refractivity contribution in [1.29, 1.82) is 0 Å². The number of fused-ring (bicyclic) bond motifs is 1. The smallest absolute Gasteiger partial charge is 0.218 e. The summed E-state index contributed by atoms with van der Waals surface area (Å²) in [5, 5.41) is 1.24. The third-order valence-corrected chi connectivity index (χ3v) is 6.22. The Morgan fingerprint density at radius 1 is 1.11 bits per heavy atom. The number of rotatable bonds is 6. The van der Waals surface area contributed by atoms with Crippen LogP contribution in [0.1, 0.15) is 61.1 Å². The number of para-hydroxylation sites is 1. The summed E-state index contributed by atoms with van der Waals surface area (Å²) in [7, 11) is 0. The third-order valence-electron chi connectivity index (χ3n) is 6.22. The molecule has 3 heteroatoms. The Balaban J connectivity index is 1.77. The Bertz CT molecular complexity index is 966. The van der Waals surface area contributed by atoms with E-state index in [0.717, 1.165) is 12.5 Å². The lowest BCUT2D eigenvalue weighted by molar-refractivity contribution is -0.118. The molecule has 1 aromatic heterocycles. The van der Waals surface area contributed by atoms with Gasteiger partial charge in [0.15, 0.2) is 0 Å². The fourth-order valence-corrected chi connectivity index (χ4v) is 4.85. The van der Waals surface area contributed by atoms with Crippen LogP contribution in [0.5, 0.6) is 0 Å². The van der Waals surface area contributed by atoms with Gasteiger partial charge in [-0.25, -0.2) is 0 Å². The van der Waals surface area contributed by atoms with Crippen molar-refractivity contribution in [3.8, 4) is 0 Å². The molecule has 3 nitrogen and oxygen atoms in total. The average molecular weight is 375 g/mol. The molecule has 0 saturated heterocycles. The van der Waals surface area contributed by atoms with Gasteiger partial charge >= 0.3 is 0 Å². The zero-order chi connectivity index (χ0) is 19.5. The highest BCUT2D eigenvalue weighted by Crippen LogP contribution is 2.36. The zero-order valence-electron chi connectivity index (χ0n) is 16.7. The number of primary amides is 1. The van der Waals surface area contributed by atoms with Crippen LogP contribution in [0.4, 0.5) is 0 Å². The van der Waals surface area contributed by atoms with Crippen molar-refractivity contribution >= 4 is 16.8 Å². The summed E-state index contributed by atoms with van der Waals surface area (Å²) in [5.41, 5.74) is 10.5. The van der Waals surface area contributed by atoms with Gasteiger partial charge in [0.25, 0.3) is 0 Å². The van der Waals surface area contributed by atoms with E-state index in [4.69, 9.17) is 5.73 Å². The number of amides is 1. The van der Waals surface area contributed by atoms with E-state index < -0.39 is 0 Å². The molecular formula is C25H30N2O. The highest BCUT2D eigenvalue weighted by Gasteiger charge is 2.23. The topological polar surface area (TPSA) is 48.0 Å². The minimum Gasteiger partial charge on any atom is -0.370 e. The summed E-state index contributed by atoms with van der Waals surface area (Å²) in [4.78, 5) is 11.9. The molecule has 1 amide bonds. The normalized spacial score (nSPS) is 16.3. The van der Waals surface area contributed by atoms with Crippen LogP contribution >= 0.6 is 0 Å². The van der Waals surface area contributed by atoms with Gasteiger partial charge < -0.3 is 10.3 Å². The van der Waals surface area contributed by atoms with E-state index in [1.807, 2.05) is 0 Å². The Labute approximate surface area is 167 Å². The van der Waals surface area contributed by atoms with Crippen molar-refractivity contribution in [2.45, 2.75) is 57.9 Å². The molecule has 146 valence electrons. The Morgan fingerprint density at radius 3 is 2.64 bits per heavy atom. The lowest BCUT2D eigenvalue weighted by Crippen LogP contribution is -2.16. The molecule has 0 bridgehead atoms. The van der Waals surface area contributed by atoms with Crippen LogP contribution in [-0.2, 0) is 11.3 Å². The second-order valence-corrected chi connectivity index (χ2v) is 8.40. The summed E-state index contributed by atoms with van der Waals surface area (Å²) in [6.45, 7) is 3.16. The first-order valence-electron chi connectivity index (χ1n) is 10.5. The van der Waals surface area contributed by atoms with E-state index in [-0.39, 0.29) is 11.8 Å². The highest BCUT2D eigenvalue weighted by atomic mass is 16.1. The summed E-state index contributed by atoms with van der Waals surface area (Å²) >= 11 is 0.